The molecule has 1 radical (unpaired) electrons. The van der Waals surface area contributed by atoms with Gasteiger partial charge in [0.25, 0.3) is 0 Å². The molecule has 1 aromatic rings. The molecule has 0 N–H and O–H groups in total. The summed E-state index contributed by atoms with van der Waals surface area (Å²) in [4.78, 5) is 0. The highest BCUT2D eigenvalue weighted by atomic mass is 79.9. The second-order valence-electron chi connectivity index (χ2n) is 3.10. The number of benzene rings is 1. The monoisotopic (exact) mass is 223 g/mol. The maximum absolute atomic E-state index is 3.63. The van der Waals surface area contributed by atoms with Gasteiger partial charge >= 0.3 is 0 Å². The van der Waals surface area contributed by atoms with Crippen LogP contribution in [0.3, 0.4) is 0 Å². The zero-order valence-electron chi connectivity index (χ0n) is 7.39. The fourth-order valence-electron chi connectivity index (χ4n) is 1.05. The van der Waals surface area contributed by atoms with E-state index in [2.05, 4.69) is 54.6 Å². The van der Waals surface area contributed by atoms with Gasteiger partial charge in [-0.3, -0.25) is 0 Å². The first-order chi connectivity index (χ1) is 5.63. The Hall–Kier alpha value is -0.560. The Bertz CT molecular complexity index is 287. The summed E-state index contributed by atoms with van der Waals surface area (Å²) in [5.74, 6) is 0.551. The Morgan fingerprint density at radius 2 is 2.00 bits per heavy atom. The lowest BCUT2D eigenvalue weighted by atomic mass is 10.0. The van der Waals surface area contributed by atoms with E-state index < -0.39 is 0 Å². The van der Waals surface area contributed by atoms with Crippen LogP contribution in [0, 0.1) is 6.08 Å². The van der Waals surface area contributed by atoms with E-state index in [-0.39, 0.29) is 0 Å². The number of hydrogen-bond donors (Lipinski definition) is 0. The molecular weight excluding hydrogens is 212 g/mol. The van der Waals surface area contributed by atoms with Gasteiger partial charge in [0.2, 0.25) is 0 Å². The third kappa shape index (κ3) is 2.21. The maximum atomic E-state index is 3.63. The highest BCUT2D eigenvalue weighted by Crippen LogP contribution is 2.21. The van der Waals surface area contributed by atoms with Crippen LogP contribution in [0.4, 0.5) is 0 Å². The third-order valence-electron chi connectivity index (χ3n) is 1.79. The lowest BCUT2D eigenvalue weighted by Gasteiger charge is -2.06. The van der Waals surface area contributed by atoms with Crippen LogP contribution in [-0.4, -0.2) is 0 Å². The van der Waals surface area contributed by atoms with Crippen molar-refractivity contribution in [1.82, 2.24) is 0 Å². The van der Waals surface area contributed by atoms with E-state index in [9.17, 15) is 0 Å². The van der Waals surface area contributed by atoms with Crippen molar-refractivity contribution in [3.05, 3.63) is 46.5 Å². The van der Waals surface area contributed by atoms with E-state index in [4.69, 9.17) is 0 Å². The SMILES string of the molecule is C=[C]c1cc(Br)cc(C(C)C)c1. The maximum Gasteiger partial charge on any atom is 0.0184 e. The van der Waals surface area contributed by atoms with E-state index in [0.29, 0.717) is 5.92 Å². The van der Waals surface area contributed by atoms with E-state index >= 15 is 0 Å². The van der Waals surface area contributed by atoms with Crippen molar-refractivity contribution in [3.8, 4) is 0 Å². The normalized spacial score (nSPS) is 10.3. The van der Waals surface area contributed by atoms with E-state index in [0.717, 1.165) is 10.0 Å². The van der Waals surface area contributed by atoms with Crippen LogP contribution in [0.5, 0.6) is 0 Å². The lowest BCUT2D eigenvalue weighted by Crippen LogP contribution is -1.88. The Balaban J connectivity index is 3.14. The molecule has 0 saturated carbocycles. The first-order valence-electron chi connectivity index (χ1n) is 3.97. The van der Waals surface area contributed by atoms with Crippen LogP contribution in [0.1, 0.15) is 30.9 Å². The van der Waals surface area contributed by atoms with Crippen molar-refractivity contribution < 1.29 is 0 Å². The van der Waals surface area contributed by atoms with E-state index in [1.807, 2.05) is 6.07 Å². The zero-order chi connectivity index (χ0) is 9.14. The molecule has 0 amide bonds. The molecule has 0 saturated heterocycles. The zero-order valence-corrected chi connectivity index (χ0v) is 8.98. The minimum Gasteiger partial charge on any atom is -0.0906 e. The van der Waals surface area contributed by atoms with Crippen molar-refractivity contribution in [2.75, 3.05) is 0 Å². The average molecular weight is 224 g/mol. The molecule has 0 aromatic heterocycles. The van der Waals surface area contributed by atoms with Crippen molar-refractivity contribution in [2.24, 2.45) is 0 Å². The van der Waals surface area contributed by atoms with E-state index in [1.165, 1.54) is 5.56 Å². The van der Waals surface area contributed by atoms with Crippen LogP contribution >= 0.6 is 15.9 Å². The first-order valence-corrected chi connectivity index (χ1v) is 4.76. The molecule has 0 aliphatic carbocycles. The van der Waals surface area contributed by atoms with E-state index in [1.54, 1.807) is 0 Å². The quantitative estimate of drug-likeness (QED) is 0.714. The Labute approximate surface area is 82.4 Å². The molecular formula is C11H12Br. The van der Waals surface area contributed by atoms with Crippen molar-refractivity contribution >= 4 is 15.9 Å². The van der Waals surface area contributed by atoms with Crippen LogP contribution in [0.15, 0.2) is 29.3 Å². The predicted octanol–water partition coefficient (Wildman–Crippen LogP) is 3.91. The summed E-state index contributed by atoms with van der Waals surface area (Å²) in [6.07, 6.45) is 2.88. The second kappa shape index (κ2) is 3.90. The van der Waals surface area contributed by atoms with Gasteiger partial charge in [-0.15, -0.1) is 0 Å². The standard InChI is InChI=1S/C11H12Br/c1-4-9-5-10(8(2)3)7-11(12)6-9/h5-8H,1H2,2-3H3. The summed E-state index contributed by atoms with van der Waals surface area (Å²) in [5, 5.41) is 0. The van der Waals surface area contributed by atoms with Gasteiger partial charge in [-0.2, -0.15) is 0 Å². The van der Waals surface area contributed by atoms with Crippen molar-refractivity contribution in [1.29, 1.82) is 0 Å². The fraction of sp³-hybridized carbons (Fsp3) is 0.273. The molecule has 1 heteroatoms. The molecule has 0 aliphatic rings. The van der Waals surface area contributed by atoms with Gasteiger partial charge < -0.3 is 0 Å². The highest BCUT2D eigenvalue weighted by molar-refractivity contribution is 9.10. The fourth-order valence-corrected chi connectivity index (χ4v) is 1.56. The Morgan fingerprint density at radius 3 is 2.50 bits per heavy atom. The van der Waals surface area contributed by atoms with Crippen LogP contribution in [0.25, 0.3) is 0 Å². The predicted molar refractivity (Wildman–Crippen MR) is 56.2 cm³/mol. The number of hydrogen-bond acceptors (Lipinski definition) is 0. The first kappa shape index (κ1) is 9.53. The van der Waals surface area contributed by atoms with Gasteiger partial charge in [0.05, 0.1) is 0 Å². The minimum absolute atomic E-state index is 0.551. The molecule has 0 spiro atoms. The average Bonchev–Trinajstić information content (AvgIpc) is 2.03. The summed E-state index contributed by atoms with van der Waals surface area (Å²) in [6, 6.07) is 6.26. The molecule has 0 aliphatic heterocycles. The summed E-state index contributed by atoms with van der Waals surface area (Å²) < 4.78 is 1.10. The van der Waals surface area contributed by atoms with Gasteiger partial charge in [0.1, 0.15) is 0 Å². The molecule has 0 atom stereocenters. The minimum atomic E-state index is 0.551. The summed E-state index contributed by atoms with van der Waals surface area (Å²) in [7, 11) is 0. The second-order valence-corrected chi connectivity index (χ2v) is 4.02. The molecule has 0 nitrogen and oxygen atoms in total. The summed E-state index contributed by atoms with van der Waals surface area (Å²) in [6.45, 7) is 7.98. The van der Waals surface area contributed by atoms with Crippen LogP contribution in [-0.2, 0) is 0 Å². The molecule has 0 heterocycles. The van der Waals surface area contributed by atoms with Gasteiger partial charge in [-0.25, -0.2) is 0 Å². The Morgan fingerprint density at radius 1 is 1.33 bits per heavy atom. The third-order valence-corrected chi connectivity index (χ3v) is 2.25. The molecule has 1 rings (SSSR count). The smallest absolute Gasteiger partial charge is 0.0184 e. The van der Waals surface area contributed by atoms with Crippen LogP contribution < -0.4 is 0 Å². The highest BCUT2D eigenvalue weighted by Gasteiger charge is 2.00. The summed E-state index contributed by atoms with van der Waals surface area (Å²) in [5.41, 5.74) is 2.36. The lowest BCUT2D eigenvalue weighted by molar-refractivity contribution is 0.864. The number of halogens is 1. The van der Waals surface area contributed by atoms with Gasteiger partial charge in [-0.05, 0) is 35.3 Å². The van der Waals surface area contributed by atoms with Gasteiger partial charge in [0, 0.05) is 4.47 Å². The summed E-state index contributed by atoms with van der Waals surface area (Å²) >= 11 is 3.45. The molecule has 63 valence electrons. The molecule has 1 aromatic carbocycles. The van der Waals surface area contributed by atoms with Crippen molar-refractivity contribution in [2.45, 2.75) is 19.8 Å². The molecule has 0 fully saturated rings. The largest absolute Gasteiger partial charge is 0.0906 e. The van der Waals surface area contributed by atoms with Crippen molar-refractivity contribution in [3.63, 3.8) is 0 Å². The van der Waals surface area contributed by atoms with Gasteiger partial charge in [0.15, 0.2) is 0 Å². The Kier molecular flexibility index (Phi) is 3.10. The van der Waals surface area contributed by atoms with Crippen LogP contribution in [0.2, 0.25) is 0 Å². The van der Waals surface area contributed by atoms with Gasteiger partial charge in [-0.1, -0.05) is 42.4 Å². The topological polar surface area (TPSA) is 0 Å². The molecule has 0 unspecified atom stereocenters. The molecule has 12 heavy (non-hydrogen) atoms. The molecule has 0 bridgehead atoms. The number of rotatable bonds is 2.